The van der Waals surface area contributed by atoms with Gasteiger partial charge in [-0.1, -0.05) is 26.6 Å². The van der Waals surface area contributed by atoms with E-state index in [4.69, 9.17) is 0 Å². The first kappa shape index (κ1) is 24.3. The van der Waals surface area contributed by atoms with Crippen LogP contribution in [0.15, 0.2) is 18.2 Å². The van der Waals surface area contributed by atoms with Crippen molar-refractivity contribution < 1.29 is 55.8 Å². The van der Waals surface area contributed by atoms with E-state index in [1.54, 1.807) is 5.19 Å². The Bertz CT molecular complexity index is 230. The van der Waals surface area contributed by atoms with Gasteiger partial charge in [-0.15, -0.1) is 0 Å². The first-order valence-electron chi connectivity index (χ1n) is 3.74. The van der Waals surface area contributed by atoms with Gasteiger partial charge in [-0.05, 0) is 0 Å². The monoisotopic (exact) mass is 307 g/mol. The second-order valence-corrected chi connectivity index (χ2v) is 9.00. The number of halogens is 3. The summed E-state index contributed by atoms with van der Waals surface area (Å²) in [5, 5.41) is 1.57. The van der Waals surface area contributed by atoms with Crippen molar-refractivity contribution in [2.45, 2.75) is 26.6 Å². The van der Waals surface area contributed by atoms with E-state index in [9.17, 15) is 0 Å². The van der Waals surface area contributed by atoms with Crippen molar-refractivity contribution in [3.8, 4) is 0 Å². The van der Waals surface area contributed by atoms with Crippen molar-refractivity contribution in [3.05, 3.63) is 23.8 Å². The molecule has 0 fully saturated rings. The van der Waals surface area contributed by atoms with Crippen molar-refractivity contribution in [1.82, 2.24) is 0 Å². The van der Waals surface area contributed by atoms with Gasteiger partial charge in [-0.3, -0.25) is 0 Å². The van der Waals surface area contributed by atoms with Crippen molar-refractivity contribution in [3.63, 3.8) is 0 Å². The molecule has 0 atom stereocenters. The van der Waals surface area contributed by atoms with Crippen LogP contribution >= 0.6 is 0 Å². The van der Waals surface area contributed by atoms with Crippen LogP contribution in [0.1, 0.15) is 5.56 Å². The molecule has 0 unspecified atom stereocenters. The molecule has 0 aliphatic heterocycles. The molecule has 1 radical (unpaired) electrons. The van der Waals surface area contributed by atoms with Gasteiger partial charge in [0.1, 0.15) is 0 Å². The Morgan fingerprint density at radius 3 is 1.64 bits per heavy atom. The van der Waals surface area contributed by atoms with E-state index in [2.05, 4.69) is 44.8 Å². The minimum atomic E-state index is -1.01. The molecule has 0 saturated carbocycles. The second kappa shape index (κ2) is 9.26. The predicted octanol–water partition coefficient (Wildman–Crippen LogP) is -6.73. The maximum Gasteiger partial charge on any atom is 4.00 e. The van der Waals surface area contributed by atoms with E-state index in [0.29, 0.717) is 0 Å². The third-order valence-corrected chi connectivity index (χ3v) is 3.82. The van der Waals surface area contributed by atoms with Crippen LogP contribution in [-0.4, -0.2) is 8.07 Å². The van der Waals surface area contributed by atoms with E-state index < -0.39 is 8.07 Å². The molecule has 1 aromatic rings. The first-order valence-corrected chi connectivity index (χ1v) is 7.24. The van der Waals surface area contributed by atoms with Gasteiger partial charge in [0, 0.05) is 8.07 Å². The van der Waals surface area contributed by atoms with Crippen LogP contribution in [0.4, 0.5) is 0 Å². The molecule has 0 amide bonds. The molecule has 0 aliphatic carbocycles. The SMILES string of the molecule is C[c-]1ccc([Si](C)(C)C)c1.[Cl-].[Cl-].[Cl-].[V+4]. The van der Waals surface area contributed by atoms with Gasteiger partial charge in [-0.2, -0.15) is 17.7 Å². The molecule has 14 heavy (non-hydrogen) atoms. The molecule has 1 rings (SSSR count). The third kappa shape index (κ3) is 7.33. The summed E-state index contributed by atoms with van der Waals surface area (Å²) in [6, 6.07) is 6.78. The molecule has 5 heteroatoms. The van der Waals surface area contributed by atoms with Crippen LogP contribution in [-0.2, 0) is 18.6 Å². The number of aryl methyl sites for hydroxylation is 1. The van der Waals surface area contributed by atoms with Crippen LogP contribution in [0.3, 0.4) is 0 Å². The molecule has 0 heterocycles. The molecule has 0 aromatic heterocycles. The van der Waals surface area contributed by atoms with E-state index in [0.717, 1.165) is 0 Å². The van der Waals surface area contributed by atoms with E-state index >= 15 is 0 Å². The molecule has 0 spiro atoms. The Balaban J connectivity index is -0.000000125. The summed E-state index contributed by atoms with van der Waals surface area (Å²) >= 11 is 0. The quantitative estimate of drug-likeness (QED) is 0.357. The molecule has 0 bridgehead atoms. The molecule has 0 saturated heterocycles. The smallest absolute Gasteiger partial charge is 1.00 e. The summed E-state index contributed by atoms with van der Waals surface area (Å²) in [5.41, 5.74) is 1.40. The Morgan fingerprint density at radius 2 is 1.50 bits per heavy atom. The summed E-state index contributed by atoms with van der Waals surface area (Å²) in [4.78, 5) is 0. The Hall–Kier alpha value is 1.02. The second-order valence-electron chi connectivity index (χ2n) is 3.93. The zero-order valence-corrected chi connectivity index (χ0v) is 13.5. The number of hydrogen-bond acceptors (Lipinski definition) is 0. The number of rotatable bonds is 1. The van der Waals surface area contributed by atoms with Gasteiger partial charge in [0.05, 0.1) is 0 Å². The van der Waals surface area contributed by atoms with Crippen molar-refractivity contribution in [2.24, 2.45) is 0 Å². The maximum absolute atomic E-state index is 2.38. The third-order valence-electron chi connectivity index (χ3n) is 1.77. The van der Waals surface area contributed by atoms with Crippen molar-refractivity contribution in [1.29, 1.82) is 0 Å². The molecular weight excluding hydrogens is 293 g/mol. The summed E-state index contributed by atoms with van der Waals surface area (Å²) < 4.78 is 0. The fraction of sp³-hybridized carbons (Fsp3) is 0.444. The van der Waals surface area contributed by atoms with Crippen LogP contribution in [0.25, 0.3) is 0 Å². The molecule has 1 aromatic carbocycles. The maximum atomic E-state index is 2.38. The van der Waals surface area contributed by atoms with Crippen LogP contribution in [0.2, 0.25) is 19.6 Å². The minimum absolute atomic E-state index is 0. The van der Waals surface area contributed by atoms with Crippen LogP contribution < -0.4 is 42.4 Å². The van der Waals surface area contributed by atoms with Gasteiger partial charge in [0.25, 0.3) is 0 Å². The minimum Gasteiger partial charge on any atom is -1.00 e. The zero-order chi connectivity index (χ0) is 7.78. The number of hydrogen-bond donors (Lipinski definition) is 0. The summed E-state index contributed by atoms with van der Waals surface area (Å²) in [6.07, 6.45) is 0. The Kier molecular flexibility index (Phi) is 16.1. The standard InChI is InChI=1S/C9H15Si.3ClH.V/c1-8-5-6-9(7-8)10(2,3)4;;;;/h5-7H,1-4H3;3*1H;/q-1;;;;+4/p-3. The fourth-order valence-corrected chi connectivity index (χ4v) is 2.27. The summed E-state index contributed by atoms with van der Waals surface area (Å²) in [7, 11) is -1.01. The van der Waals surface area contributed by atoms with Gasteiger partial charge in [-0.25, -0.2) is 11.3 Å². The molecule has 0 aliphatic rings. The normalized spacial score (nSPS) is 8.57. The molecule has 0 N–H and O–H groups in total. The van der Waals surface area contributed by atoms with Crippen molar-refractivity contribution in [2.75, 3.05) is 0 Å². The van der Waals surface area contributed by atoms with Gasteiger partial charge >= 0.3 is 18.6 Å². The van der Waals surface area contributed by atoms with Crippen molar-refractivity contribution >= 4 is 13.3 Å². The zero-order valence-electron chi connectivity index (χ0n) is 8.81. The molecule has 0 nitrogen and oxygen atoms in total. The van der Waals surface area contributed by atoms with E-state index in [-0.39, 0.29) is 55.8 Å². The average Bonchev–Trinajstić information content (AvgIpc) is 2.11. The average molecular weight is 309 g/mol. The van der Waals surface area contributed by atoms with Gasteiger partial charge in [0.15, 0.2) is 0 Å². The Morgan fingerprint density at radius 1 is 1.07 bits per heavy atom. The topological polar surface area (TPSA) is 0 Å². The summed E-state index contributed by atoms with van der Waals surface area (Å²) in [6.45, 7) is 9.29. The first-order chi connectivity index (χ1) is 4.50. The van der Waals surface area contributed by atoms with E-state index in [1.165, 1.54) is 5.56 Å². The van der Waals surface area contributed by atoms with Crippen LogP contribution in [0.5, 0.6) is 0 Å². The molecular formula is C9H15Cl3SiV. The van der Waals surface area contributed by atoms with Crippen LogP contribution in [0, 0.1) is 6.92 Å². The Labute approximate surface area is 119 Å². The van der Waals surface area contributed by atoms with E-state index in [1.807, 2.05) is 0 Å². The van der Waals surface area contributed by atoms with Gasteiger partial charge < -0.3 is 37.2 Å². The predicted molar refractivity (Wildman–Crippen MR) is 49.8 cm³/mol. The largest absolute Gasteiger partial charge is 4.00 e. The summed E-state index contributed by atoms with van der Waals surface area (Å²) in [5.74, 6) is 0. The fourth-order valence-electron chi connectivity index (χ4n) is 1.03. The molecule has 81 valence electrons. The van der Waals surface area contributed by atoms with Gasteiger partial charge in [0.2, 0.25) is 0 Å².